The number of carbonyl (C=O) groups excluding carboxylic acids is 1. The molecular weight excluding hydrogens is 1760 g/mol. The van der Waals surface area contributed by atoms with Crippen molar-refractivity contribution in [2.75, 3.05) is 136 Å². The summed E-state index contributed by atoms with van der Waals surface area (Å²) in [6.45, 7) is 22.2. The molecule has 0 aliphatic carbocycles. The monoisotopic (exact) mass is 1840 g/mol. The van der Waals surface area contributed by atoms with E-state index in [1.165, 1.54) is 42.5 Å². The number of nitrogens with one attached hydrogen (secondary N) is 3. The summed E-state index contributed by atoms with van der Waals surface area (Å²) in [6, 6.07) is 40.3. The van der Waals surface area contributed by atoms with Gasteiger partial charge in [-0.25, -0.2) is 57.4 Å². The standard InChI is InChI=1S/C24H21FN6O.C17H16ClFN4O.C15H14ClFN4O3.C13H17BN2O2.C10H13FN2O.C5H2Cl2N2O2.CH2O3.Na/c1-15-28-21-4-3-20(17-6-8-26-23-18(17)7-9-27-23)29-24(21)31(15)16-2-5-22(19(25)14-16)30-10-12-32-13-11-30;1-11-20-14-3-5-16(18)21-17(14)23(11)12-2-4-15(13(19)10-12)22-6-8-24-9-7-22;16-14-4-3-13(21(22)23)15(19-14)18-10-1-2-12(11(17)9-10)20-5-7-24-8-6-20;1-12(2)13(3,4)18-14(17-12)10-6-8-16-11-9(10)5-7-15-11;11-9-7-8(12)1-2-10(9)13-3-5-14-6-4-13;6-4-2-1-3(9(10)11)5(7)8-4;2-1-4-3;/h2-9,14H,10-13H2,1H3,(H,26,27);2-5,10H,6-9H2,1H3;1-4,9H,5-8H2,(H,18,19);5-8H,1-4H3,(H,15,16);1-2,7H,3-6,12H2;1-2H;1,3H;/q;;;;;;;+1/p-1. The molecule has 0 atom stereocenters. The van der Waals surface area contributed by atoms with Crippen molar-refractivity contribution < 1.29 is 100 Å². The molecule has 0 unspecified atom stereocenters. The predicted molar refractivity (Wildman–Crippen MR) is 476 cm³/mol. The van der Waals surface area contributed by atoms with Gasteiger partial charge in [0.05, 0.1) is 114 Å². The number of aromatic nitrogens is 12. The van der Waals surface area contributed by atoms with Crippen LogP contribution < -0.4 is 70.9 Å². The van der Waals surface area contributed by atoms with Gasteiger partial charge in [-0.3, -0.25) is 34.2 Å². The maximum atomic E-state index is 15.1. The third-order valence-corrected chi connectivity index (χ3v) is 22.0. The molecule has 0 bridgehead atoms. The predicted octanol–water partition coefficient (Wildman–Crippen LogP) is 11.8. The second kappa shape index (κ2) is 43.6. The fourth-order valence-electron chi connectivity index (χ4n) is 14.2. The van der Waals surface area contributed by atoms with Gasteiger partial charge in [0.1, 0.15) is 72.7 Å². The molecule has 662 valence electrons. The van der Waals surface area contributed by atoms with Gasteiger partial charge in [-0.05, 0) is 168 Å². The molecule has 5 fully saturated rings. The van der Waals surface area contributed by atoms with E-state index < -0.39 is 15.7 Å². The van der Waals surface area contributed by atoms with Gasteiger partial charge in [0.15, 0.2) is 11.3 Å². The minimum atomic E-state index is -0.619. The smallest absolute Gasteiger partial charge is 0.662 e. The van der Waals surface area contributed by atoms with Gasteiger partial charge in [-0.2, -0.15) is 0 Å². The quantitative estimate of drug-likeness (QED) is 0.0122. The van der Waals surface area contributed by atoms with Gasteiger partial charge < -0.3 is 79.0 Å². The number of imidazole rings is 2. The Morgan fingerprint density at radius 2 is 0.922 bits per heavy atom. The number of ether oxygens (including phenoxy) is 4. The van der Waals surface area contributed by atoms with E-state index in [0.29, 0.717) is 154 Å². The first-order chi connectivity index (χ1) is 61.1. The average Bonchev–Trinajstić information content (AvgIpc) is 1.61. The Bertz CT molecular complexity index is 6230. The van der Waals surface area contributed by atoms with Crippen molar-refractivity contribution in [3.8, 4) is 22.6 Å². The number of benzene rings is 4. The van der Waals surface area contributed by atoms with Gasteiger partial charge >= 0.3 is 48.1 Å². The molecule has 4 aromatic carbocycles. The van der Waals surface area contributed by atoms with E-state index in [2.05, 4.69) is 82.8 Å². The number of nitro groups is 2. The van der Waals surface area contributed by atoms with E-state index in [4.69, 9.17) is 95.4 Å². The first kappa shape index (κ1) is 95.6. The summed E-state index contributed by atoms with van der Waals surface area (Å²) >= 11 is 22.6. The summed E-state index contributed by atoms with van der Waals surface area (Å²) in [4.78, 5) is 79.8. The van der Waals surface area contributed by atoms with Crippen LogP contribution in [0.15, 0.2) is 170 Å². The number of H-pyrrole nitrogens is 2. The Morgan fingerprint density at radius 3 is 1.39 bits per heavy atom. The molecule has 14 aromatic rings. The minimum Gasteiger partial charge on any atom is -0.662 e. The van der Waals surface area contributed by atoms with Gasteiger partial charge in [0.2, 0.25) is 11.0 Å². The number of nitrogen functional groups attached to an aromatic ring is 1. The molecule has 19 rings (SSSR count). The number of hydrogen-bond acceptors (Lipinski definition) is 27. The normalized spacial score (nSPS) is 15.1. The number of pyridine rings is 6. The van der Waals surface area contributed by atoms with E-state index in [0.717, 1.165) is 74.6 Å². The molecule has 0 spiro atoms. The molecule has 5 saturated heterocycles. The van der Waals surface area contributed by atoms with Crippen LogP contribution in [0.25, 0.3) is 67.0 Å². The fourth-order valence-corrected chi connectivity index (χ4v) is 14.9. The van der Waals surface area contributed by atoms with Crippen molar-refractivity contribution in [2.24, 2.45) is 0 Å². The average molecular weight is 1850 g/mol. The summed E-state index contributed by atoms with van der Waals surface area (Å²) < 4.78 is 94.6. The van der Waals surface area contributed by atoms with Gasteiger partial charge in [0, 0.05) is 129 Å². The number of carbonyl (C=O) groups is 1. The Kier molecular flexibility index (Phi) is 32.5. The number of aryl methyl sites for hydroxylation is 2. The molecule has 0 amide bonds. The molecule has 15 heterocycles. The van der Waals surface area contributed by atoms with Crippen LogP contribution in [-0.4, -0.2) is 199 Å². The topological polar surface area (TPSA) is 387 Å². The molecule has 5 N–H and O–H groups in total. The molecule has 0 saturated carbocycles. The van der Waals surface area contributed by atoms with Crippen LogP contribution in [0.2, 0.25) is 20.6 Å². The number of halogens is 8. The number of aromatic amines is 2. The van der Waals surface area contributed by atoms with Crippen molar-refractivity contribution in [1.29, 1.82) is 0 Å². The van der Waals surface area contributed by atoms with Gasteiger partial charge in [-0.1, -0.05) is 46.4 Å². The second-order valence-electron chi connectivity index (χ2n) is 29.7. The number of morpholine rings is 4. The maximum absolute atomic E-state index is 15.1. The van der Waals surface area contributed by atoms with E-state index in [-0.39, 0.29) is 104 Å². The molecule has 43 heteroatoms. The van der Waals surface area contributed by atoms with Crippen LogP contribution in [-0.2, 0) is 37.9 Å². The van der Waals surface area contributed by atoms with Gasteiger partial charge in [0.25, 0.3) is 6.47 Å². The molecule has 0 radical (unpaired) electrons. The van der Waals surface area contributed by atoms with Crippen molar-refractivity contribution in [3.63, 3.8) is 0 Å². The Balaban J connectivity index is 0.000000142. The zero-order valence-electron chi connectivity index (χ0n) is 70.2. The van der Waals surface area contributed by atoms with Crippen LogP contribution >= 0.6 is 46.4 Å². The second-order valence-corrected chi connectivity index (χ2v) is 31.2. The molecule has 5 aliphatic heterocycles. The van der Waals surface area contributed by atoms with Crippen LogP contribution in [0.4, 0.5) is 68.9 Å². The Hall–Kier alpha value is -11.5. The van der Waals surface area contributed by atoms with Crippen molar-refractivity contribution >= 4 is 161 Å². The van der Waals surface area contributed by atoms with Crippen molar-refractivity contribution in [3.05, 3.63) is 246 Å². The number of rotatable bonds is 13. The Labute approximate surface area is 772 Å². The van der Waals surface area contributed by atoms with E-state index in [1.54, 1.807) is 54.9 Å². The van der Waals surface area contributed by atoms with Crippen molar-refractivity contribution in [1.82, 2.24) is 59.0 Å². The van der Waals surface area contributed by atoms with Crippen LogP contribution in [0.3, 0.4) is 0 Å². The number of hydrogen-bond donors (Lipinski definition) is 4. The van der Waals surface area contributed by atoms with Gasteiger partial charge in [-0.15, -0.1) is 0 Å². The SMILES string of the molecule is CC1(C)OB(c2ccnc3[nH]ccc23)OC1(C)C.Cc1nc2ccc(-c3ccnc4[nH]ccc34)nc2n1-c1ccc(N2CCOCC2)c(F)c1.Cc1nc2ccc(Cl)nc2n1-c1ccc(N2CCOCC2)c(F)c1.Nc1ccc(N2CCOCC2)c(F)c1.O=CO[O-].O=[N+]([O-])c1ccc(Cl)nc1Cl.O=[N+]([O-])c1ccc(Cl)nc1Nc1ccc(N2CCOCC2)c(F)c1.[Na+]. The summed E-state index contributed by atoms with van der Waals surface area (Å²) in [5.41, 5.74) is 16.1. The van der Waals surface area contributed by atoms with Crippen LogP contribution in [0.1, 0.15) is 39.3 Å². The molecular formula is C85H84BCl4F4N20NaO13. The van der Waals surface area contributed by atoms with E-state index in [1.807, 2.05) is 116 Å². The molecule has 5 aliphatic rings. The Morgan fingerprint density at radius 1 is 0.508 bits per heavy atom. The number of fused-ring (bicyclic) bond motifs is 4. The number of nitrogens with two attached hydrogens (primary N) is 1. The van der Waals surface area contributed by atoms with Crippen molar-refractivity contribution in [2.45, 2.75) is 52.7 Å². The summed E-state index contributed by atoms with van der Waals surface area (Å²) in [5.74, 6) is 0.245. The summed E-state index contributed by atoms with van der Waals surface area (Å²) in [6.07, 6.45) is 7.29. The fraction of sp³-hybridized carbons (Fsp3) is 0.282. The van der Waals surface area contributed by atoms with Crippen LogP contribution in [0, 0.1) is 57.3 Å². The van der Waals surface area contributed by atoms with E-state index >= 15 is 4.39 Å². The minimum absolute atomic E-state index is 0. The first-order valence-electron chi connectivity index (χ1n) is 39.7. The molecule has 33 nitrogen and oxygen atoms in total. The largest absolute Gasteiger partial charge is 1.00 e. The third kappa shape index (κ3) is 23.2. The molecule has 128 heavy (non-hydrogen) atoms. The van der Waals surface area contributed by atoms with E-state index in [9.17, 15) is 33.4 Å². The third-order valence-electron chi connectivity index (χ3n) is 21.1. The molecule has 10 aromatic heterocycles. The first-order valence-corrected chi connectivity index (χ1v) is 41.2. The summed E-state index contributed by atoms with van der Waals surface area (Å²) in [7, 11) is -0.337. The van der Waals surface area contributed by atoms with Crippen LogP contribution in [0.5, 0.6) is 0 Å². The summed E-state index contributed by atoms with van der Waals surface area (Å²) in [5, 5.41) is 34.9. The zero-order chi connectivity index (χ0) is 90.2. The maximum Gasteiger partial charge on any atom is 1.00 e. The number of nitrogens with zero attached hydrogens (tertiary/aromatic N) is 16. The number of anilines is 7. The zero-order valence-corrected chi connectivity index (χ0v) is 75.2.